The van der Waals surface area contributed by atoms with Gasteiger partial charge in [-0.15, -0.1) is 11.3 Å². The van der Waals surface area contributed by atoms with Crippen molar-refractivity contribution in [2.45, 2.75) is 65.4 Å². The van der Waals surface area contributed by atoms with E-state index >= 15 is 0 Å². The average molecular weight is 295 g/mol. The molecular formula is C17H29NOS. The van der Waals surface area contributed by atoms with E-state index in [1.54, 1.807) is 11.3 Å². The first-order chi connectivity index (χ1) is 9.52. The molecule has 1 aromatic rings. The van der Waals surface area contributed by atoms with Gasteiger partial charge < -0.3 is 10.8 Å². The van der Waals surface area contributed by atoms with E-state index in [0.717, 1.165) is 24.3 Å². The smallest absolute Gasteiger partial charge is 0.0869 e. The molecule has 0 spiro atoms. The van der Waals surface area contributed by atoms with E-state index in [1.165, 1.54) is 35.4 Å². The Bertz CT molecular complexity index is 432. The number of thiophene rings is 1. The maximum absolute atomic E-state index is 10.9. The van der Waals surface area contributed by atoms with Crippen LogP contribution in [-0.4, -0.2) is 11.7 Å². The maximum Gasteiger partial charge on any atom is 0.0869 e. The van der Waals surface area contributed by atoms with Crippen LogP contribution in [0.1, 0.15) is 66.9 Å². The molecule has 2 nitrogen and oxygen atoms in total. The Morgan fingerprint density at radius 3 is 2.50 bits per heavy atom. The fourth-order valence-corrected chi connectivity index (χ4v) is 4.75. The Kier molecular flexibility index (Phi) is 5.27. The minimum absolute atomic E-state index is 0.0947. The van der Waals surface area contributed by atoms with Crippen molar-refractivity contribution in [3.05, 3.63) is 21.4 Å². The van der Waals surface area contributed by atoms with Crippen molar-refractivity contribution in [3.63, 3.8) is 0 Å². The van der Waals surface area contributed by atoms with Gasteiger partial charge in [0.05, 0.1) is 6.10 Å². The number of aryl methyl sites for hydroxylation is 2. The number of hydrogen-bond donors (Lipinski definition) is 2. The zero-order valence-electron chi connectivity index (χ0n) is 13.1. The van der Waals surface area contributed by atoms with E-state index in [-0.39, 0.29) is 11.5 Å². The third-order valence-electron chi connectivity index (χ3n) is 5.16. The topological polar surface area (TPSA) is 46.2 Å². The first-order valence-electron chi connectivity index (χ1n) is 7.97. The highest BCUT2D eigenvalue weighted by molar-refractivity contribution is 7.12. The molecule has 0 radical (unpaired) electrons. The van der Waals surface area contributed by atoms with Gasteiger partial charge in [0.15, 0.2) is 0 Å². The highest BCUT2D eigenvalue weighted by atomic mass is 32.1. The molecule has 1 unspecified atom stereocenters. The summed E-state index contributed by atoms with van der Waals surface area (Å²) >= 11 is 1.78. The second-order valence-electron chi connectivity index (χ2n) is 6.57. The van der Waals surface area contributed by atoms with E-state index in [4.69, 9.17) is 5.73 Å². The molecule has 1 aliphatic rings. The lowest BCUT2D eigenvalue weighted by Crippen LogP contribution is -2.40. The molecule has 0 saturated heterocycles. The van der Waals surface area contributed by atoms with Crippen LogP contribution in [-0.2, 0) is 0 Å². The van der Waals surface area contributed by atoms with Crippen LogP contribution in [0.5, 0.6) is 0 Å². The van der Waals surface area contributed by atoms with Crippen molar-refractivity contribution < 1.29 is 5.11 Å². The summed E-state index contributed by atoms with van der Waals surface area (Å²) < 4.78 is 0. The molecule has 20 heavy (non-hydrogen) atoms. The van der Waals surface area contributed by atoms with Crippen molar-refractivity contribution in [3.8, 4) is 0 Å². The summed E-state index contributed by atoms with van der Waals surface area (Å²) in [5.74, 6) is 0.845. The molecule has 0 aliphatic heterocycles. The van der Waals surface area contributed by atoms with Gasteiger partial charge in [-0.2, -0.15) is 0 Å². The minimum Gasteiger partial charge on any atom is -0.388 e. The van der Waals surface area contributed by atoms with Crippen LogP contribution in [0.25, 0.3) is 0 Å². The van der Waals surface area contributed by atoms with Crippen LogP contribution in [0.2, 0.25) is 0 Å². The highest BCUT2D eigenvalue weighted by Gasteiger charge is 2.41. The van der Waals surface area contributed by atoms with E-state index in [1.807, 2.05) is 0 Å². The molecule has 1 aromatic heterocycles. The third kappa shape index (κ3) is 3.10. The van der Waals surface area contributed by atoms with E-state index < -0.39 is 0 Å². The van der Waals surface area contributed by atoms with Gasteiger partial charge >= 0.3 is 0 Å². The largest absolute Gasteiger partial charge is 0.388 e. The number of aliphatic hydroxyl groups is 1. The van der Waals surface area contributed by atoms with Crippen molar-refractivity contribution in [1.29, 1.82) is 0 Å². The summed E-state index contributed by atoms with van der Waals surface area (Å²) in [5.41, 5.74) is 7.12. The Morgan fingerprint density at radius 2 is 2.05 bits per heavy atom. The van der Waals surface area contributed by atoms with Crippen LogP contribution in [0.4, 0.5) is 0 Å². The number of aliphatic hydroxyl groups excluding tert-OH is 1. The zero-order chi connectivity index (χ0) is 14.8. The normalized spacial score (nSPS) is 28.6. The summed E-state index contributed by atoms with van der Waals surface area (Å²) in [6.07, 6.45) is 6.81. The summed E-state index contributed by atoms with van der Waals surface area (Å²) in [6.45, 7) is 7.09. The molecule has 0 amide bonds. The fourth-order valence-electron chi connectivity index (χ4n) is 3.79. The molecule has 2 rings (SSSR count). The molecule has 3 N–H and O–H groups in total. The molecule has 3 heteroatoms. The van der Waals surface area contributed by atoms with Crippen molar-refractivity contribution >= 4 is 11.3 Å². The summed E-state index contributed by atoms with van der Waals surface area (Å²) in [4.78, 5) is 2.53. The van der Waals surface area contributed by atoms with E-state index in [9.17, 15) is 5.11 Å². The van der Waals surface area contributed by atoms with Gasteiger partial charge in [0.1, 0.15) is 0 Å². The van der Waals surface area contributed by atoms with Gasteiger partial charge in [0, 0.05) is 21.7 Å². The zero-order valence-corrected chi connectivity index (χ0v) is 13.9. The fraction of sp³-hybridized carbons (Fsp3) is 0.765. The van der Waals surface area contributed by atoms with Gasteiger partial charge in [0.2, 0.25) is 0 Å². The molecule has 114 valence electrons. The first-order valence-corrected chi connectivity index (χ1v) is 8.79. The minimum atomic E-state index is -0.389. The van der Waals surface area contributed by atoms with Gasteiger partial charge in [-0.1, -0.05) is 19.8 Å². The molecule has 1 atom stereocenters. The second kappa shape index (κ2) is 6.59. The van der Waals surface area contributed by atoms with Gasteiger partial charge in [-0.05, 0) is 57.1 Å². The molecule has 1 aliphatic carbocycles. The Balaban J connectivity index is 2.14. The van der Waals surface area contributed by atoms with Crippen molar-refractivity contribution in [2.75, 3.05) is 6.54 Å². The summed E-state index contributed by atoms with van der Waals surface area (Å²) in [5, 5.41) is 10.9. The Labute approximate surface area is 127 Å². The van der Waals surface area contributed by atoms with Crippen LogP contribution in [0, 0.1) is 25.2 Å². The maximum atomic E-state index is 10.9. The molecule has 1 saturated carbocycles. The van der Waals surface area contributed by atoms with Gasteiger partial charge in [-0.25, -0.2) is 0 Å². The molecular weight excluding hydrogens is 266 g/mol. The SMILES string of the molecule is CCCC1CCC(CN)(C(O)c2cc(C)sc2C)CC1. The van der Waals surface area contributed by atoms with Crippen LogP contribution in [0.3, 0.4) is 0 Å². The van der Waals surface area contributed by atoms with Crippen molar-refractivity contribution in [1.82, 2.24) is 0 Å². The van der Waals surface area contributed by atoms with Crippen LogP contribution < -0.4 is 5.73 Å². The standard InChI is InChI=1S/C17H29NOS/c1-4-5-14-6-8-17(11-18,9-7-14)16(19)15-10-12(2)20-13(15)3/h10,14,16,19H,4-9,11,18H2,1-3H3. The third-order valence-corrected chi connectivity index (χ3v) is 6.14. The summed E-state index contributed by atoms with van der Waals surface area (Å²) in [6, 6.07) is 2.15. The quantitative estimate of drug-likeness (QED) is 0.849. The molecule has 0 aromatic carbocycles. The lowest BCUT2D eigenvalue weighted by molar-refractivity contribution is -0.0109. The predicted molar refractivity (Wildman–Crippen MR) is 87.1 cm³/mol. The van der Waals surface area contributed by atoms with Crippen LogP contribution >= 0.6 is 11.3 Å². The first kappa shape index (κ1) is 16.0. The number of rotatable bonds is 5. The number of hydrogen-bond acceptors (Lipinski definition) is 3. The average Bonchev–Trinajstić information content (AvgIpc) is 2.78. The Hall–Kier alpha value is -0.380. The Morgan fingerprint density at radius 1 is 1.40 bits per heavy atom. The summed E-state index contributed by atoms with van der Waals surface area (Å²) in [7, 11) is 0. The van der Waals surface area contributed by atoms with E-state index in [2.05, 4.69) is 26.8 Å². The molecule has 1 heterocycles. The monoisotopic (exact) mass is 295 g/mol. The number of nitrogens with two attached hydrogens (primary N) is 1. The van der Waals surface area contributed by atoms with Gasteiger partial charge in [-0.3, -0.25) is 0 Å². The predicted octanol–water partition coefficient (Wildman–Crippen LogP) is 4.33. The molecule has 1 fully saturated rings. The van der Waals surface area contributed by atoms with E-state index in [0.29, 0.717) is 6.54 Å². The van der Waals surface area contributed by atoms with Gasteiger partial charge in [0.25, 0.3) is 0 Å². The van der Waals surface area contributed by atoms with Crippen LogP contribution in [0.15, 0.2) is 6.07 Å². The highest BCUT2D eigenvalue weighted by Crippen LogP contribution is 2.49. The van der Waals surface area contributed by atoms with Crippen molar-refractivity contribution in [2.24, 2.45) is 17.1 Å². The lowest BCUT2D eigenvalue weighted by atomic mass is 9.65. The second-order valence-corrected chi connectivity index (χ2v) is 8.03. The lowest BCUT2D eigenvalue weighted by Gasteiger charge is -2.43. The molecule has 0 bridgehead atoms.